The second kappa shape index (κ2) is 9.88. The summed E-state index contributed by atoms with van der Waals surface area (Å²) in [5.41, 5.74) is 2.69. The van der Waals surface area contributed by atoms with Gasteiger partial charge in [0.05, 0.1) is 23.9 Å². The van der Waals surface area contributed by atoms with Crippen molar-refractivity contribution >= 4 is 21.6 Å². The molecule has 0 aliphatic rings. The minimum Gasteiger partial charge on any atom is -0.376 e. The maximum Gasteiger partial charge on any atom is 0.239 e. The highest BCUT2D eigenvalue weighted by Gasteiger charge is 2.15. The van der Waals surface area contributed by atoms with Crippen molar-refractivity contribution in [3.8, 4) is 6.07 Å². The zero-order chi connectivity index (χ0) is 20.6. The predicted molar refractivity (Wildman–Crippen MR) is 109 cm³/mol. The van der Waals surface area contributed by atoms with Crippen molar-refractivity contribution in [2.45, 2.75) is 32.2 Å². The first-order chi connectivity index (χ1) is 13.3. The maximum atomic E-state index is 12.2. The average molecular weight is 401 g/mol. The summed E-state index contributed by atoms with van der Waals surface area (Å²) in [4.78, 5) is 12.1. The molecule has 0 spiro atoms. The molecule has 28 heavy (non-hydrogen) atoms. The molecule has 1 amide bonds. The van der Waals surface area contributed by atoms with E-state index in [4.69, 9.17) is 5.26 Å². The van der Waals surface area contributed by atoms with Gasteiger partial charge in [-0.2, -0.15) is 5.26 Å². The third-order valence-corrected chi connectivity index (χ3v) is 5.34. The largest absolute Gasteiger partial charge is 0.376 e. The highest BCUT2D eigenvalue weighted by atomic mass is 32.2. The van der Waals surface area contributed by atoms with E-state index in [9.17, 15) is 13.2 Å². The summed E-state index contributed by atoms with van der Waals surface area (Å²) in [6, 6.07) is 15.8. The topological polar surface area (TPSA) is 111 Å². The molecule has 2 aromatic carbocycles. The van der Waals surface area contributed by atoms with Crippen LogP contribution in [0.3, 0.4) is 0 Å². The summed E-state index contributed by atoms with van der Waals surface area (Å²) in [5.74, 6) is -0.358. The molecule has 3 N–H and O–H groups in total. The number of nitrogens with one attached hydrogen (secondary N) is 3. The third kappa shape index (κ3) is 7.02. The lowest BCUT2D eigenvalue weighted by molar-refractivity contribution is -0.119. The summed E-state index contributed by atoms with van der Waals surface area (Å²) in [6.07, 6.45) is 0. The van der Waals surface area contributed by atoms with E-state index in [0.717, 1.165) is 11.3 Å². The first-order valence-electron chi connectivity index (χ1n) is 8.86. The summed E-state index contributed by atoms with van der Waals surface area (Å²) < 4.78 is 26.9. The lowest BCUT2D eigenvalue weighted by Crippen LogP contribution is -2.32. The number of amides is 1. The Kier molecular flexibility index (Phi) is 7.55. The van der Waals surface area contributed by atoms with Crippen LogP contribution in [0.25, 0.3) is 0 Å². The van der Waals surface area contributed by atoms with Crippen molar-refractivity contribution in [2.75, 3.05) is 11.9 Å². The molecule has 148 valence electrons. The molecule has 0 radical (unpaired) electrons. The molecule has 0 aliphatic carbocycles. The van der Waals surface area contributed by atoms with Gasteiger partial charge in [-0.3, -0.25) is 4.79 Å². The van der Waals surface area contributed by atoms with Crippen LogP contribution in [0.4, 0.5) is 5.69 Å². The van der Waals surface area contributed by atoms with Crippen molar-refractivity contribution < 1.29 is 13.2 Å². The Morgan fingerprint density at radius 2 is 1.71 bits per heavy atom. The third-order valence-electron chi connectivity index (χ3n) is 3.82. The molecule has 0 saturated heterocycles. The summed E-state index contributed by atoms with van der Waals surface area (Å²) >= 11 is 0. The molecule has 7 nitrogen and oxygen atoms in total. The average Bonchev–Trinajstić information content (AvgIpc) is 2.64. The second-order valence-corrected chi connectivity index (χ2v) is 8.37. The minimum absolute atomic E-state index is 0.0707. The van der Waals surface area contributed by atoms with E-state index in [1.54, 1.807) is 56.3 Å². The lowest BCUT2D eigenvalue weighted by atomic mass is 10.1. The minimum atomic E-state index is -3.44. The van der Waals surface area contributed by atoms with Gasteiger partial charge in [0.2, 0.25) is 15.9 Å². The van der Waals surface area contributed by atoms with Gasteiger partial charge in [-0.1, -0.05) is 24.3 Å². The van der Waals surface area contributed by atoms with Crippen LogP contribution in [-0.4, -0.2) is 26.9 Å². The molecule has 0 atom stereocenters. The number of sulfonamides is 1. The summed E-state index contributed by atoms with van der Waals surface area (Å²) in [7, 11) is -3.44. The zero-order valence-corrected chi connectivity index (χ0v) is 16.7. The molecule has 0 fully saturated rings. The number of hydrogen-bond acceptors (Lipinski definition) is 5. The quantitative estimate of drug-likeness (QED) is 0.597. The van der Waals surface area contributed by atoms with Crippen LogP contribution in [0, 0.1) is 11.3 Å². The van der Waals surface area contributed by atoms with E-state index in [0.29, 0.717) is 11.1 Å². The van der Waals surface area contributed by atoms with E-state index in [2.05, 4.69) is 15.4 Å². The lowest BCUT2D eigenvalue weighted by Gasteiger charge is -2.13. The van der Waals surface area contributed by atoms with Crippen LogP contribution in [0.15, 0.2) is 48.5 Å². The van der Waals surface area contributed by atoms with Gasteiger partial charge in [0.25, 0.3) is 0 Å². The van der Waals surface area contributed by atoms with Crippen LogP contribution in [0.1, 0.15) is 30.5 Å². The van der Waals surface area contributed by atoms with Crippen molar-refractivity contribution in [3.63, 3.8) is 0 Å². The number of carbonyl (C=O) groups is 1. The zero-order valence-electron chi connectivity index (χ0n) is 15.9. The van der Waals surface area contributed by atoms with Crippen molar-refractivity contribution in [1.82, 2.24) is 10.0 Å². The van der Waals surface area contributed by atoms with Crippen LogP contribution in [-0.2, 0) is 27.1 Å². The number of nitriles is 1. The summed E-state index contributed by atoms with van der Waals surface area (Å²) in [5, 5.41) is 14.6. The fraction of sp³-hybridized carbons (Fsp3) is 0.300. The second-order valence-electron chi connectivity index (χ2n) is 6.62. The monoisotopic (exact) mass is 400 g/mol. The van der Waals surface area contributed by atoms with E-state index in [1.165, 1.54) is 0 Å². The van der Waals surface area contributed by atoms with Gasteiger partial charge in [0, 0.05) is 18.3 Å². The van der Waals surface area contributed by atoms with Crippen LogP contribution >= 0.6 is 0 Å². The predicted octanol–water partition coefficient (Wildman–Crippen LogP) is 2.11. The van der Waals surface area contributed by atoms with Gasteiger partial charge in [-0.25, -0.2) is 13.1 Å². The molecular formula is C20H24N4O3S. The van der Waals surface area contributed by atoms with Gasteiger partial charge >= 0.3 is 0 Å². The number of hydrogen-bond donors (Lipinski definition) is 3. The van der Waals surface area contributed by atoms with Gasteiger partial charge in [-0.05, 0) is 49.2 Å². The number of nitrogens with zero attached hydrogens (tertiary/aromatic N) is 1. The molecule has 0 bridgehead atoms. The first-order valence-corrected chi connectivity index (χ1v) is 10.5. The smallest absolute Gasteiger partial charge is 0.239 e. The number of rotatable bonds is 9. The van der Waals surface area contributed by atoms with E-state index in [1.807, 2.05) is 12.1 Å². The number of benzene rings is 2. The fourth-order valence-electron chi connectivity index (χ4n) is 2.58. The normalized spacial score (nSPS) is 11.1. The molecule has 0 aliphatic heterocycles. The Morgan fingerprint density at radius 3 is 2.32 bits per heavy atom. The highest BCUT2D eigenvalue weighted by molar-refractivity contribution is 7.88. The Hall–Kier alpha value is -2.89. The molecule has 0 unspecified atom stereocenters. The number of anilines is 1. The highest BCUT2D eigenvalue weighted by Crippen LogP contribution is 2.13. The Bertz CT molecular complexity index is 948. The van der Waals surface area contributed by atoms with Gasteiger partial charge < -0.3 is 10.6 Å². The Labute approximate surface area is 165 Å². The van der Waals surface area contributed by atoms with Crippen molar-refractivity contribution in [2.24, 2.45) is 0 Å². The molecule has 2 rings (SSSR count). The van der Waals surface area contributed by atoms with Crippen molar-refractivity contribution in [1.29, 1.82) is 5.26 Å². The van der Waals surface area contributed by atoms with E-state index < -0.39 is 10.0 Å². The summed E-state index contributed by atoms with van der Waals surface area (Å²) in [6.45, 7) is 3.84. The number of carbonyl (C=O) groups excluding carboxylic acids is 1. The first kappa shape index (κ1) is 21.4. The van der Waals surface area contributed by atoms with E-state index in [-0.39, 0.29) is 30.8 Å². The molecule has 8 heteroatoms. The van der Waals surface area contributed by atoms with Crippen LogP contribution in [0.5, 0.6) is 0 Å². The van der Waals surface area contributed by atoms with Crippen molar-refractivity contribution in [3.05, 3.63) is 65.2 Å². The molecule has 2 aromatic rings. The molecule has 0 saturated carbocycles. The molecular weight excluding hydrogens is 376 g/mol. The maximum absolute atomic E-state index is 12.2. The van der Waals surface area contributed by atoms with Gasteiger partial charge in [0.15, 0.2) is 0 Å². The van der Waals surface area contributed by atoms with Crippen LogP contribution < -0.4 is 15.4 Å². The Morgan fingerprint density at radius 1 is 1.07 bits per heavy atom. The fourth-order valence-corrected chi connectivity index (χ4v) is 4.07. The molecule has 0 aromatic heterocycles. The Balaban J connectivity index is 1.91. The van der Waals surface area contributed by atoms with Gasteiger partial charge in [-0.15, -0.1) is 0 Å². The van der Waals surface area contributed by atoms with Gasteiger partial charge in [0.1, 0.15) is 0 Å². The standard InChI is InChI=1S/C20H24N4O3S/c1-15(2)24-28(26,27)14-18-6-4-3-5-17(18)12-23-20(25)13-22-19-9-7-16(11-21)8-10-19/h3-10,15,22,24H,12-14H2,1-2H3,(H,23,25). The van der Waals surface area contributed by atoms with E-state index >= 15 is 0 Å². The van der Waals surface area contributed by atoms with Crippen LogP contribution in [0.2, 0.25) is 0 Å². The molecule has 0 heterocycles. The SMILES string of the molecule is CC(C)NS(=O)(=O)Cc1ccccc1CNC(=O)CNc1ccc(C#N)cc1.